The monoisotopic (exact) mass is 224 g/mol. The van der Waals surface area contributed by atoms with Crippen LogP contribution < -0.4 is 0 Å². The summed E-state index contributed by atoms with van der Waals surface area (Å²) >= 11 is 0. The second-order valence-electron chi connectivity index (χ2n) is 6.26. The van der Waals surface area contributed by atoms with Crippen LogP contribution in [-0.2, 0) is 4.74 Å². The van der Waals surface area contributed by atoms with Crippen molar-refractivity contribution in [3.63, 3.8) is 0 Å². The van der Waals surface area contributed by atoms with Gasteiger partial charge in [0.15, 0.2) is 0 Å². The maximum atomic E-state index is 6.17. The van der Waals surface area contributed by atoms with Gasteiger partial charge in [-0.1, -0.05) is 39.5 Å². The van der Waals surface area contributed by atoms with E-state index in [9.17, 15) is 0 Å². The van der Waals surface area contributed by atoms with Gasteiger partial charge in [-0.3, -0.25) is 0 Å². The summed E-state index contributed by atoms with van der Waals surface area (Å²) in [6, 6.07) is 0. The molecule has 94 valence electrons. The van der Waals surface area contributed by atoms with Crippen LogP contribution in [0.15, 0.2) is 0 Å². The van der Waals surface area contributed by atoms with Gasteiger partial charge in [0.2, 0.25) is 0 Å². The van der Waals surface area contributed by atoms with Gasteiger partial charge in [0.05, 0.1) is 6.10 Å². The fraction of sp³-hybridized carbons (Fsp3) is 1.00. The lowest BCUT2D eigenvalue weighted by Gasteiger charge is -2.32. The maximum absolute atomic E-state index is 6.17. The van der Waals surface area contributed by atoms with E-state index in [1.54, 1.807) is 0 Å². The van der Waals surface area contributed by atoms with Crippen molar-refractivity contribution in [1.82, 2.24) is 0 Å². The molecule has 0 N–H and O–H groups in total. The van der Waals surface area contributed by atoms with Crippen molar-refractivity contribution in [2.45, 2.75) is 71.3 Å². The van der Waals surface area contributed by atoms with E-state index in [1.807, 2.05) is 0 Å². The first-order valence-electron chi connectivity index (χ1n) is 7.37. The molecule has 0 aromatic rings. The van der Waals surface area contributed by atoms with E-state index in [4.69, 9.17) is 4.74 Å². The quantitative estimate of drug-likeness (QED) is 0.690. The summed E-state index contributed by atoms with van der Waals surface area (Å²) < 4.78 is 6.17. The van der Waals surface area contributed by atoms with Crippen LogP contribution in [0, 0.1) is 17.8 Å². The molecule has 2 atom stereocenters. The second kappa shape index (κ2) is 6.05. The van der Waals surface area contributed by atoms with Crippen LogP contribution in [-0.4, -0.2) is 12.7 Å². The second-order valence-corrected chi connectivity index (χ2v) is 6.26. The average Bonchev–Trinajstić information content (AvgIpc) is 2.30. The van der Waals surface area contributed by atoms with Crippen molar-refractivity contribution in [2.75, 3.05) is 6.61 Å². The summed E-state index contributed by atoms with van der Waals surface area (Å²) in [5, 5.41) is 0. The van der Waals surface area contributed by atoms with Gasteiger partial charge >= 0.3 is 0 Å². The van der Waals surface area contributed by atoms with Crippen molar-refractivity contribution in [2.24, 2.45) is 17.8 Å². The van der Waals surface area contributed by atoms with Crippen LogP contribution in [0.25, 0.3) is 0 Å². The van der Waals surface area contributed by atoms with Crippen LogP contribution in [0.2, 0.25) is 0 Å². The molecule has 1 nitrogen and oxygen atoms in total. The Morgan fingerprint density at radius 2 is 1.56 bits per heavy atom. The van der Waals surface area contributed by atoms with Crippen LogP contribution >= 0.6 is 0 Å². The van der Waals surface area contributed by atoms with Crippen LogP contribution in [0.1, 0.15) is 65.2 Å². The molecule has 0 bridgehead atoms. The lowest BCUT2D eigenvalue weighted by atomic mass is 9.83. The Labute approximate surface area is 101 Å². The van der Waals surface area contributed by atoms with Crippen molar-refractivity contribution < 1.29 is 4.74 Å². The number of hydrogen-bond acceptors (Lipinski definition) is 1. The molecule has 2 aliphatic rings. The molecule has 0 amide bonds. The molecule has 0 heterocycles. The van der Waals surface area contributed by atoms with Crippen molar-refractivity contribution in [1.29, 1.82) is 0 Å². The highest BCUT2D eigenvalue weighted by Gasteiger charge is 2.24. The van der Waals surface area contributed by atoms with Gasteiger partial charge < -0.3 is 4.74 Å². The highest BCUT2D eigenvalue weighted by Crippen LogP contribution is 2.31. The number of hydrogen-bond donors (Lipinski definition) is 0. The lowest BCUT2D eigenvalue weighted by molar-refractivity contribution is -0.0285. The van der Waals surface area contributed by atoms with E-state index >= 15 is 0 Å². The van der Waals surface area contributed by atoms with Crippen LogP contribution in [0.3, 0.4) is 0 Å². The molecule has 0 aliphatic heterocycles. The summed E-state index contributed by atoms with van der Waals surface area (Å²) in [7, 11) is 0. The van der Waals surface area contributed by atoms with Gasteiger partial charge in [0.1, 0.15) is 0 Å². The Morgan fingerprint density at radius 3 is 2.25 bits per heavy atom. The molecule has 0 aromatic carbocycles. The molecule has 0 radical (unpaired) electrons. The highest BCUT2D eigenvalue weighted by atomic mass is 16.5. The molecule has 2 fully saturated rings. The number of rotatable bonds is 3. The molecule has 2 unspecified atom stereocenters. The van der Waals surface area contributed by atoms with E-state index in [-0.39, 0.29) is 0 Å². The van der Waals surface area contributed by atoms with Crippen molar-refractivity contribution >= 4 is 0 Å². The van der Waals surface area contributed by atoms with Crippen molar-refractivity contribution in [3.8, 4) is 0 Å². The average molecular weight is 224 g/mol. The normalized spacial score (nSPS) is 40.9. The zero-order valence-electron chi connectivity index (χ0n) is 11.1. The molecule has 2 aliphatic carbocycles. The van der Waals surface area contributed by atoms with Crippen LogP contribution in [0.4, 0.5) is 0 Å². The summed E-state index contributed by atoms with van der Waals surface area (Å²) in [5.74, 6) is 2.63. The molecule has 0 aromatic heterocycles. The van der Waals surface area contributed by atoms with E-state index in [1.165, 1.54) is 51.4 Å². The summed E-state index contributed by atoms with van der Waals surface area (Å²) in [6.45, 7) is 5.80. The molecule has 0 spiro atoms. The Kier molecular flexibility index (Phi) is 4.69. The van der Waals surface area contributed by atoms with Gasteiger partial charge in [-0.15, -0.1) is 0 Å². The Hall–Kier alpha value is -0.0400. The van der Waals surface area contributed by atoms with E-state index < -0.39 is 0 Å². The summed E-state index contributed by atoms with van der Waals surface area (Å²) in [6.07, 6.45) is 11.7. The minimum Gasteiger partial charge on any atom is -0.378 e. The van der Waals surface area contributed by atoms with E-state index in [0.717, 1.165) is 24.4 Å². The summed E-state index contributed by atoms with van der Waals surface area (Å²) in [5.41, 5.74) is 0. The predicted octanol–water partition coefficient (Wildman–Crippen LogP) is 4.41. The Balaban J connectivity index is 1.66. The minimum absolute atomic E-state index is 0.577. The van der Waals surface area contributed by atoms with Gasteiger partial charge in [0.25, 0.3) is 0 Å². The standard InChI is InChI=1S/C15H28O/c1-12-7-9-14(10-8-12)11-16-15-6-4-3-5-13(15)2/h12-15H,3-11H2,1-2H3. The topological polar surface area (TPSA) is 9.23 Å². The number of ether oxygens (including phenoxy) is 1. The third kappa shape index (κ3) is 3.48. The first kappa shape index (κ1) is 12.4. The Bertz CT molecular complexity index is 194. The smallest absolute Gasteiger partial charge is 0.0600 e. The molecule has 2 saturated carbocycles. The Morgan fingerprint density at radius 1 is 0.875 bits per heavy atom. The van der Waals surface area contributed by atoms with Crippen LogP contribution in [0.5, 0.6) is 0 Å². The van der Waals surface area contributed by atoms with Gasteiger partial charge in [-0.25, -0.2) is 0 Å². The van der Waals surface area contributed by atoms with Gasteiger partial charge in [0, 0.05) is 6.61 Å². The molecule has 2 rings (SSSR count). The minimum atomic E-state index is 0.577. The zero-order valence-corrected chi connectivity index (χ0v) is 11.1. The first-order valence-corrected chi connectivity index (χ1v) is 7.37. The van der Waals surface area contributed by atoms with Gasteiger partial charge in [-0.05, 0) is 43.4 Å². The molecule has 0 saturated heterocycles. The van der Waals surface area contributed by atoms with Gasteiger partial charge in [-0.2, -0.15) is 0 Å². The summed E-state index contributed by atoms with van der Waals surface area (Å²) in [4.78, 5) is 0. The first-order chi connectivity index (χ1) is 7.75. The van der Waals surface area contributed by atoms with E-state index in [2.05, 4.69) is 13.8 Å². The lowest BCUT2D eigenvalue weighted by Crippen LogP contribution is -2.28. The van der Waals surface area contributed by atoms with Crippen molar-refractivity contribution in [3.05, 3.63) is 0 Å². The third-order valence-electron chi connectivity index (χ3n) is 4.71. The maximum Gasteiger partial charge on any atom is 0.0600 e. The molecular formula is C15H28O. The highest BCUT2D eigenvalue weighted by molar-refractivity contribution is 4.74. The fourth-order valence-electron chi connectivity index (χ4n) is 3.29. The zero-order chi connectivity index (χ0) is 11.4. The fourth-order valence-corrected chi connectivity index (χ4v) is 3.29. The van der Waals surface area contributed by atoms with E-state index in [0.29, 0.717) is 6.10 Å². The molecule has 1 heteroatoms. The predicted molar refractivity (Wildman–Crippen MR) is 68.5 cm³/mol. The SMILES string of the molecule is CC1CCC(COC2CCCCC2C)CC1. The third-order valence-corrected chi connectivity index (χ3v) is 4.71. The largest absolute Gasteiger partial charge is 0.378 e. The molecule has 16 heavy (non-hydrogen) atoms. The molecular weight excluding hydrogens is 196 g/mol.